The highest BCUT2D eigenvalue weighted by molar-refractivity contribution is 5.13. The fourth-order valence-corrected chi connectivity index (χ4v) is 2.28. The van der Waals surface area contributed by atoms with Crippen LogP contribution in [0.4, 0.5) is 0 Å². The summed E-state index contributed by atoms with van der Waals surface area (Å²) in [7, 11) is 0. The van der Waals surface area contributed by atoms with Gasteiger partial charge in [0.2, 0.25) is 0 Å². The van der Waals surface area contributed by atoms with E-state index in [1.165, 1.54) is 12.8 Å². The largest absolute Gasteiger partial charge is 0.0882 e. The van der Waals surface area contributed by atoms with Gasteiger partial charge in [0.05, 0.1) is 0 Å². The first-order valence-electron chi connectivity index (χ1n) is 3.88. The van der Waals surface area contributed by atoms with E-state index in [2.05, 4.69) is 26.0 Å². The van der Waals surface area contributed by atoms with Crippen LogP contribution < -0.4 is 0 Å². The molecule has 0 aliphatic heterocycles. The van der Waals surface area contributed by atoms with Gasteiger partial charge in [-0.05, 0) is 30.1 Å². The van der Waals surface area contributed by atoms with Crippen molar-refractivity contribution >= 4 is 0 Å². The first-order valence-corrected chi connectivity index (χ1v) is 3.88. The lowest BCUT2D eigenvalue weighted by Crippen LogP contribution is -1.87. The van der Waals surface area contributed by atoms with E-state index in [-0.39, 0.29) is 0 Å². The first kappa shape index (κ1) is 5.52. The lowest BCUT2D eigenvalue weighted by atomic mass is 10.1. The third-order valence-corrected chi connectivity index (χ3v) is 3.23. The normalized spacial score (nSPS) is 44.2. The summed E-state index contributed by atoms with van der Waals surface area (Å²) < 4.78 is 0. The quantitative estimate of drug-likeness (QED) is 0.433. The van der Waals surface area contributed by atoms with Gasteiger partial charge in [-0.25, -0.2) is 0 Å². The van der Waals surface area contributed by atoms with E-state index in [9.17, 15) is 0 Å². The van der Waals surface area contributed by atoms with Gasteiger partial charge < -0.3 is 0 Å². The molecule has 0 spiro atoms. The topological polar surface area (TPSA) is 0 Å². The van der Waals surface area contributed by atoms with Crippen molar-refractivity contribution in [2.45, 2.75) is 26.7 Å². The van der Waals surface area contributed by atoms with Gasteiger partial charge in [-0.1, -0.05) is 26.0 Å². The Balaban J connectivity index is 2.14. The van der Waals surface area contributed by atoms with Crippen molar-refractivity contribution in [2.24, 2.45) is 17.3 Å². The zero-order valence-corrected chi connectivity index (χ0v) is 6.22. The summed E-state index contributed by atoms with van der Waals surface area (Å²) in [6.45, 7) is 4.80. The van der Waals surface area contributed by atoms with Crippen LogP contribution in [-0.2, 0) is 0 Å². The van der Waals surface area contributed by atoms with Crippen molar-refractivity contribution in [3.05, 3.63) is 12.2 Å². The van der Waals surface area contributed by atoms with E-state index in [0.717, 1.165) is 11.8 Å². The molecule has 0 aromatic heterocycles. The molecule has 2 rings (SSSR count). The second-order valence-electron chi connectivity index (χ2n) is 3.98. The predicted octanol–water partition coefficient (Wildman–Crippen LogP) is 2.61. The third kappa shape index (κ3) is 0.593. The van der Waals surface area contributed by atoms with E-state index in [1.54, 1.807) is 0 Å². The molecule has 2 atom stereocenters. The Morgan fingerprint density at radius 3 is 1.89 bits per heavy atom. The van der Waals surface area contributed by atoms with Crippen molar-refractivity contribution < 1.29 is 0 Å². The van der Waals surface area contributed by atoms with Crippen LogP contribution in [-0.4, -0.2) is 0 Å². The molecule has 9 heavy (non-hydrogen) atoms. The molecule has 1 saturated carbocycles. The Bertz CT molecular complexity index is 137. The second kappa shape index (κ2) is 1.42. The zero-order chi connectivity index (χ0) is 6.48. The van der Waals surface area contributed by atoms with Crippen molar-refractivity contribution in [3.63, 3.8) is 0 Å². The molecule has 0 aromatic rings. The van der Waals surface area contributed by atoms with Crippen LogP contribution in [0.3, 0.4) is 0 Å². The highest BCUT2D eigenvalue weighted by Gasteiger charge is 2.56. The average Bonchev–Trinajstić information content (AvgIpc) is 2.39. The average molecular weight is 122 g/mol. The van der Waals surface area contributed by atoms with E-state index in [4.69, 9.17) is 0 Å². The maximum absolute atomic E-state index is 2.40. The minimum atomic E-state index is 0.684. The first-order chi connectivity index (χ1) is 4.23. The minimum Gasteiger partial charge on any atom is -0.0882 e. The zero-order valence-electron chi connectivity index (χ0n) is 6.22. The van der Waals surface area contributed by atoms with Gasteiger partial charge in [0.15, 0.2) is 0 Å². The molecule has 0 amide bonds. The van der Waals surface area contributed by atoms with Gasteiger partial charge in [-0.15, -0.1) is 0 Å². The summed E-state index contributed by atoms with van der Waals surface area (Å²) in [5, 5.41) is 0. The van der Waals surface area contributed by atoms with Gasteiger partial charge in [-0.3, -0.25) is 0 Å². The molecule has 0 bridgehead atoms. The summed E-state index contributed by atoms with van der Waals surface area (Å²) in [6.07, 6.45) is 7.38. The Morgan fingerprint density at radius 2 is 1.56 bits per heavy atom. The summed E-state index contributed by atoms with van der Waals surface area (Å²) in [5.41, 5.74) is 0.684. The van der Waals surface area contributed by atoms with E-state index < -0.39 is 0 Å². The molecule has 2 unspecified atom stereocenters. The molecule has 1 fully saturated rings. The van der Waals surface area contributed by atoms with Gasteiger partial charge in [0.1, 0.15) is 0 Å². The van der Waals surface area contributed by atoms with Crippen molar-refractivity contribution in [2.75, 3.05) is 0 Å². The van der Waals surface area contributed by atoms with Crippen molar-refractivity contribution in [1.29, 1.82) is 0 Å². The van der Waals surface area contributed by atoms with Crippen LogP contribution in [0, 0.1) is 17.3 Å². The molecule has 2 aliphatic carbocycles. The Hall–Kier alpha value is -0.260. The number of fused-ring (bicyclic) bond motifs is 1. The molecule has 0 aromatic carbocycles. The van der Waals surface area contributed by atoms with Crippen molar-refractivity contribution in [3.8, 4) is 0 Å². The monoisotopic (exact) mass is 122 g/mol. The van der Waals surface area contributed by atoms with E-state index in [0.29, 0.717) is 5.41 Å². The summed E-state index contributed by atoms with van der Waals surface area (Å²) in [5.74, 6) is 2.06. The lowest BCUT2D eigenvalue weighted by Gasteiger charge is -1.96. The highest BCUT2D eigenvalue weighted by Crippen LogP contribution is 2.63. The smallest absolute Gasteiger partial charge is 0.0286 e. The van der Waals surface area contributed by atoms with Crippen LogP contribution in [0.2, 0.25) is 0 Å². The van der Waals surface area contributed by atoms with Crippen molar-refractivity contribution in [1.82, 2.24) is 0 Å². The minimum absolute atomic E-state index is 0.684. The number of hydrogen-bond donors (Lipinski definition) is 0. The van der Waals surface area contributed by atoms with Gasteiger partial charge in [0.25, 0.3) is 0 Å². The van der Waals surface area contributed by atoms with Crippen LogP contribution >= 0.6 is 0 Å². The fourth-order valence-electron chi connectivity index (χ4n) is 2.28. The molecule has 0 radical (unpaired) electrons. The Morgan fingerprint density at radius 1 is 1.11 bits per heavy atom. The van der Waals surface area contributed by atoms with E-state index in [1.807, 2.05) is 0 Å². The summed E-state index contributed by atoms with van der Waals surface area (Å²) in [6, 6.07) is 0. The van der Waals surface area contributed by atoms with Crippen LogP contribution in [0.5, 0.6) is 0 Å². The predicted molar refractivity (Wildman–Crippen MR) is 39.1 cm³/mol. The maximum Gasteiger partial charge on any atom is -0.0286 e. The molecule has 0 heteroatoms. The maximum atomic E-state index is 2.40. The standard InChI is InChI=1S/C9H14/c1-9(2)7-5-3-4-6-8(7)9/h3-4,7-8H,5-6H2,1-2H3. The summed E-state index contributed by atoms with van der Waals surface area (Å²) >= 11 is 0. The number of allylic oxidation sites excluding steroid dienone is 2. The number of hydrogen-bond acceptors (Lipinski definition) is 0. The van der Waals surface area contributed by atoms with E-state index >= 15 is 0 Å². The second-order valence-corrected chi connectivity index (χ2v) is 3.98. The number of rotatable bonds is 0. The fraction of sp³-hybridized carbons (Fsp3) is 0.778. The molecule has 0 nitrogen and oxygen atoms in total. The summed E-state index contributed by atoms with van der Waals surface area (Å²) in [4.78, 5) is 0. The molecular weight excluding hydrogens is 108 g/mol. The highest BCUT2D eigenvalue weighted by atomic mass is 14.6. The molecule has 2 aliphatic rings. The van der Waals surface area contributed by atoms with Gasteiger partial charge >= 0.3 is 0 Å². The molecule has 50 valence electrons. The van der Waals surface area contributed by atoms with Gasteiger partial charge in [-0.2, -0.15) is 0 Å². The molecule has 0 heterocycles. The van der Waals surface area contributed by atoms with Crippen LogP contribution in [0.15, 0.2) is 12.2 Å². The molecular formula is C9H14. The Labute approximate surface area is 57.0 Å². The molecule has 0 N–H and O–H groups in total. The third-order valence-electron chi connectivity index (χ3n) is 3.23. The SMILES string of the molecule is CC1(C)C2CC=CCC21. The Kier molecular flexibility index (Phi) is 0.870. The van der Waals surface area contributed by atoms with Crippen LogP contribution in [0.1, 0.15) is 26.7 Å². The van der Waals surface area contributed by atoms with Gasteiger partial charge in [0, 0.05) is 0 Å². The lowest BCUT2D eigenvalue weighted by molar-refractivity contribution is 0.544. The van der Waals surface area contributed by atoms with Crippen LogP contribution in [0.25, 0.3) is 0 Å². The molecule has 0 saturated heterocycles.